The van der Waals surface area contributed by atoms with Crippen molar-refractivity contribution in [3.8, 4) is 11.4 Å². The van der Waals surface area contributed by atoms with Crippen molar-refractivity contribution < 1.29 is 13.2 Å². The molecule has 0 spiro atoms. The molecule has 1 saturated heterocycles. The van der Waals surface area contributed by atoms with Crippen molar-refractivity contribution in [2.24, 2.45) is 5.92 Å². The Morgan fingerprint density at radius 2 is 1.72 bits per heavy atom. The first-order valence-electron chi connectivity index (χ1n) is 10.7. The zero-order chi connectivity index (χ0) is 22.1. The summed E-state index contributed by atoms with van der Waals surface area (Å²) in [6.45, 7) is 2.27. The lowest BCUT2D eigenvalue weighted by Crippen LogP contribution is -2.16. The minimum atomic E-state index is -0.668. The van der Waals surface area contributed by atoms with Gasteiger partial charge in [-0.2, -0.15) is 0 Å². The first-order chi connectivity index (χ1) is 15.6. The molecule has 1 atom stereocenters. The number of benzene rings is 2. The average Bonchev–Trinajstić information content (AvgIpc) is 3.42. The molecule has 5 rings (SSSR count). The number of hydrogen-bond donors (Lipinski definition) is 1. The van der Waals surface area contributed by atoms with E-state index in [1.165, 1.54) is 24.3 Å². The second-order valence-corrected chi connectivity index (χ2v) is 8.09. The molecular weight excluding hydrogens is 415 g/mol. The van der Waals surface area contributed by atoms with Crippen LogP contribution in [0.3, 0.4) is 0 Å². The molecular formula is C24H22F3N5. The number of imidazole rings is 1. The van der Waals surface area contributed by atoms with E-state index in [0.29, 0.717) is 47.9 Å². The third-order valence-corrected chi connectivity index (χ3v) is 5.90. The van der Waals surface area contributed by atoms with Gasteiger partial charge in [0.25, 0.3) is 0 Å². The van der Waals surface area contributed by atoms with Gasteiger partial charge in [0.1, 0.15) is 34.6 Å². The van der Waals surface area contributed by atoms with E-state index in [-0.39, 0.29) is 17.2 Å². The smallest absolute Gasteiger partial charge is 0.164 e. The second-order valence-electron chi connectivity index (χ2n) is 8.09. The van der Waals surface area contributed by atoms with Crippen molar-refractivity contribution in [1.29, 1.82) is 0 Å². The summed E-state index contributed by atoms with van der Waals surface area (Å²) in [5.41, 5.74) is 1.44. The summed E-state index contributed by atoms with van der Waals surface area (Å²) >= 11 is 0. The Hall–Kier alpha value is -3.26. The quantitative estimate of drug-likeness (QED) is 0.489. The van der Waals surface area contributed by atoms with Gasteiger partial charge in [0.05, 0.1) is 11.8 Å². The summed E-state index contributed by atoms with van der Waals surface area (Å²) in [5, 5.41) is 3.32. The fourth-order valence-corrected chi connectivity index (χ4v) is 4.23. The van der Waals surface area contributed by atoms with Crippen LogP contribution in [0.5, 0.6) is 0 Å². The molecule has 2 aromatic heterocycles. The monoisotopic (exact) mass is 437 g/mol. The molecule has 4 aromatic rings. The molecule has 164 valence electrons. The van der Waals surface area contributed by atoms with Gasteiger partial charge in [0.15, 0.2) is 5.65 Å². The highest BCUT2D eigenvalue weighted by molar-refractivity contribution is 5.77. The summed E-state index contributed by atoms with van der Waals surface area (Å²) in [7, 11) is 0. The molecule has 3 heterocycles. The van der Waals surface area contributed by atoms with Crippen LogP contribution < -0.4 is 5.32 Å². The molecule has 0 unspecified atom stereocenters. The molecule has 0 aliphatic carbocycles. The molecule has 0 amide bonds. The molecule has 32 heavy (non-hydrogen) atoms. The fourth-order valence-electron chi connectivity index (χ4n) is 4.23. The van der Waals surface area contributed by atoms with Gasteiger partial charge >= 0.3 is 0 Å². The van der Waals surface area contributed by atoms with Gasteiger partial charge in [-0.25, -0.2) is 28.1 Å². The Bertz CT molecular complexity index is 1240. The Morgan fingerprint density at radius 3 is 2.47 bits per heavy atom. The van der Waals surface area contributed by atoms with E-state index in [9.17, 15) is 13.2 Å². The van der Waals surface area contributed by atoms with Crippen molar-refractivity contribution >= 4 is 11.2 Å². The summed E-state index contributed by atoms with van der Waals surface area (Å²) < 4.78 is 45.0. The van der Waals surface area contributed by atoms with E-state index in [1.54, 1.807) is 29.0 Å². The van der Waals surface area contributed by atoms with Gasteiger partial charge in [-0.05, 0) is 55.6 Å². The van der Waals surface area contributed by atoms with E-state index in [4.69, 9.17) is 0 Å². The zero-order valence-electron chi connectivity index (χ0n) is 17.4. The van der Waals surface area contributed by atoms with Crippen LogP contribution in [0.1, 0.15) is 17.8 Å². The second kappa shape index (κ2) is 8.70. The number of nitrogens with zero attached hydrogens (tertiary/aromatic N) is 4. The third kappa shape index (κ3) is 3.98. The average molecular weight is 437 g/mol. The van der Waals surface area contributed by atoms with Crippen LogP contribution in [0, 0.1) is 23.4 Å². The Labute approximate surface area is 183 Å². The normalized spacial score (nSPS) is 16.2. The number of aromatic nitrogens is 4. The Balaban J connectivity index is 1.55. The van der Waals surface area contributed by atoms with Gasteiger partial charge in [-0.3, -0.25) is 0 Å². The van der Waals surface area contributed by atoms with E-state index < -0.39 is 11.6 Å². The van der Waals surface area contributed by atoms with Crippen LogP contribution in [-0.4, -0.2) is 32.6 Å². The van der Waals surface area contributed by atoms with Crippen LogP contribution in [0.25, 0.3) is 22.6 Å². The molecule has 2 aromatic carbocycles. The molecule has 5 nitrogen and oxygen atoms in total. The van der Waals surface area contributed by atoms with Crippen molar-refractivity contribution in [3.05, 3.63) is 77.5 Å². The van der Waals surface area contributed by atoms with E-state index in [1.807, 2.05) is 0 Å². The van der Waals surface area contributed by atoms with Gasteiger partial charge < -0.3 is 9.88 Å². The lowest BCUT2D eigenvalue weighted by atomic mass is 10.1. The molecule has 1 aliphatic heterocycles. The molecule has 0 bridgehead atoms. The van der Waals surface area contributed by atoms with Crippen LogP contribution in [0.4, 0.5) is 13.2 Å². The number of fused-ring (bicyclic) bond motifs is 1. The largest absolute Gasteiger partial charge is 0.316 e. The van der Waals surface area contributed by atoms with E-state index >= 15 is 0 Å². The summed E-state index contributed by atoms with van der Waals surface area (Å²) in [6.07, 6.45) is 3.43. The molecule has 0 saturated carbocycles. The fraction of sp³-hybridized carbons (Fsp3) is 0.292. The predicted molar refractivity (Wildman–Crippen MR) is 115 cm³/mol. The van der Waals surface area contributed by atoms with Crippen LogP contribution in [0.2, 0.25) is 0 Å². The SMILES string of the molecule is Fc1ccccc1CCc1ncc2nc(-c3c(F)cccc3F)n(C[C@H]3CCNC3)c2n1. The highest BCUT2D eigenvalue weighted by atomic mass is 19.1. The van der Waals surface area contributed by atoms with Crippen molar-refractivity contribution in [2.75, 3.05) is 13.1 Å². The van der Waals surface area contributed by atoms with Crippen molar-refractivity contribution in [2.45, 2.75) is 25.8 Å². The van der Waals surface area contributed by atoms with E-state index in [2.05, 4.69) is 20.3 Å². The lowest BCUT2D eigenvalue weighted by Gasteiger charge is -2.14. The zero-order valence-corrected chi connectivity index (χ0v) is 17.4. The van der Waals surface area contributed by atoms with Gasteiger partial charge in [0, 0.05) is 13.0 Å². The van der Waals surface area contributed by atoms with Crippen LogP contribution in [0.15, 0.2) is 48.7 Å². The topological polar surface area (TPSA) is 55.6 Å². The summed E-state index contributed by atoms with van der Waals surface area (Å²) in [5.74, 6) is -0.546. The maximum Gasteiger partial charge on any atom is 0.164 e. The van der Waals surface area contributed by atoms with Gasteiger partial charge in [0.2, 0.25) is 0 Å². The van der Waals surface area contributed by atoms with E-state index in [0.717, 1.165) is 19.5 Å². The Morgan fingerprint density at radius 1 is 0.938 bits per heavy atom. The summed E-state index contributed by atoms with van der Waals surface area (Å²) in [6, 6.07) is 10.4. The standard InChI is InChI=1S/C24H22F3N5/c25-17-5-2-1-4-16(17)8-9-21-29-13-20-23(31-21)32(14-15-10-11-28-12-15)24(30-20)22-18(26)6-3-7-19(22)27/h1-7,13,15,28H,8-12,14H2/t15-/m0/s1. The number of halogens is 3. The third-order valence-electron chi connectivity index (χ3n) is 5.90. The molecule has 1 aliphatic rings. The Kier molecular flexibility index (Phi) is 5.61. The highest BCUT2D eigenvalue weighted by Gasteiger charge is 2.24. The maximum absolute atomic E-state index is 14.6. The number of hydrogen-bond acceptors (Lipinski definition) is 4. The first-order valence-corrected chi connectivity index (χ1v) is 10.7. The lowest BCUT2D eigenvalue weighted by molar-refractivity contribution is 0.487. The molecule has 1 fully saturated rings. The van der Waals surface area contributed by atoms with Crippen molar-refractivity contribution in [3.63, 3.8) is 0 Å². The highest BCUT2D eigenvalue weighted by Crippen LogP contribution is 2.30. The molecule has 0 radical (unpaired) electrons. The number of rotatable bonds is 6. The minimum Gasteiger partial charge on any atom is -0.316 e. The minimum absolute atomic E-state index is 0.163. The number of aryl methyl sites for hydroxylation is 2. The van der Waals surface area contributed by atoms with Crippen LogP contribution in [-0.2, 0) is 19.4 Å². The van der Waals surface area contributed by atoms with Gasteiger partial charge in [-0.15, -0.1) is 0 Å². The predicted octanol–water partition coefficient (Wildman–Crippen LogP) is 4.31. The molecule has 8 heteroatoms. The first kappa shape index (κ1) is 20.6. The molecule has 1 N–H and O–H groups in total. The van der Waals surface area contributed by atoms with Crippen LogP contribution >= 0.6 is 0 Å². The maximum atomic E-state index is 14.6. The summed E-state index contributed by atoms with van der Waals surface area (Å²) in [4.78, 5) is 13.5. The van der Waals surface area contributed by atoms with Crippen molar-refractivity contribution in [1.82, 2.24) is 24.8 Å². The van der Waals surface area contributed by atoms with Gasteiger partial charge in [-0.1, -0.05) is 24.3 Å². The number of nitrogens with one attached hydrogen (secondary N) is 1.